The molecule has 0 amide bonds. The molecule has 56 heavy (non-hydrogen) atoms. The molecule has 11 heteroatoms. The fourth-order valence-electron chi connectivity index (χ4n) is 7.03. The molecule has 1 N–H and O–H groups in total. The Morgan fingerprint density at radius 3 is 1.05 bits per heavy atom. The standard InChI is InChI=1S/C45H53N4O.4ClH.2Pd/c1-12-48(42-18-14-16-20-46-42)44-36(28(3)4)22-33(23-37(44)29(5)6)40-26-35(50)27-41(32(40)11)34-24-38(30(7)8)45(39(25-34)31(9)10)49(13-2)43-19-15-17-21-47-43;;;;;;/h12-31H,1-11H3;4*1H;;/q+1;;;;;;/p-3. The van der Waals surface area contributed by atoms with E-state index in [-0.39, 0.29) is 120 Å². The Bertz CT molecular complexity index is 1870. The van der Waals surface area contributed by atoms with Crippen LogP contribution in [0.2, 0.25) is 0 Å². The molecule has 5 nitrogen and oxygen atoms in total. The summed E-state index contributed by atoms with van der Waals surface area (Å²) in [6.45, 7) is 24.4. The molecular formula is C45H54Cl4N4OPd2-2. The molecule has 0 fully saturated rings. The van der Waals surface area contributed by atoms with E-state index in [1.54, 1.807) is 0 Å². The number of rotatable bonds is 10. The van der Waals surface area contributed by atoms with Crippen molar-refractivity contribution in [2.75, 3.05) is 0 Å². The maximum Gasteiger partial charge on any atom is 0.327 e. The van der Waals surface area contributed by atoms with Crippen molar-refractivity contribution in [1.29, 1.82) is 0 Å². The molecular weight excluding hydrogens is 967 g/mol. The predicted octanol–water partition coefficient (Wildman–Crippen LogP) is 0.180. The Morgan fingerprint density at radius 1 is 0.518 bits per heavy atom. The van der Waals surface area contributed by atoms with Crippen molar-refractivity contribution in [2.45, 2.75) is 99.8 Å². The summed E-state index contributed by atoms with van der Waals surface area (Å²) in [7, 11) is 0. The van der Waals surface area contributed by atoms with Crippen LogP contribution in [0.1, 0.15) is 121 Å². The first-order valence-corrected chi connectivity index (χ1v) is 18.1. The number of phenols is 1. The van der Waals surface area contributed by atoms with Crippen LogP contribution in [-0.4, -0.2) is 27.5 Å². The fraction of sp³-hybridized carbons (Fsp3) is 0.333. The molecule has 5 rings (SSSR count). The van der Waals surface area contributed by atoms with Crippen molar-refractivity contribution in [3.05, 3.63) is 113 Å². The molecule has 0 spiro atoms. The topological polar surface area (TPSA) is 52.0 Å². The second-order valence-electron chi connectivity index (χ2n) is 14.4. The molecule has 3 aromatic carbocycles. The summed E-state index contributed by atoms with van der Waals surface area (Å²) in [5.41, 5.74) is 12.8. The number of hydrogen-bond acceptors (Lipinski definition) is 3. The maximum absolute atomic E-state index is 11.4. The molecule has 0 unspecified atom stereocenters. The summed E-state index contributed by atoms with van der Waals surface area (Å²) >= 11 is 0. The number of nitrogens with zero attached hydrogens (tertiary/aromatic N) is 4. The first kappa shape index (κ1) is 55.7. The van der Waals surface area contributed by atoms with Gasteiger partial charge in [-0.25, -0.2) is 9.15 Å². The van der Waals surface area contributed by atoms with Crippen LogP contribution in [0, 0.1) is 6.92 Å². The molecule has 0 bridgehead atoms. The second kappa shape index (κ2) is 24.5. The van der Waals surface area contributed by atoms with E-state index < -0.39 is 0 Å². The monoisotopic (exact) mass is 1020 g/mol. The van der Waals surface area contributed by atoms with Crippen LogP contribution in [-0.2, 0) is 40.8 Å². The third kappa shape index (κ3) is 11.8. The molecule has 0 aliphatic carbocycles. The molecule has 0 atom stereocenters. The van der Waals surface area contributed by atoms with Gasteiger partial charge in [0.25, 0.3) is 0 Å². The summed E-state index contributed by atoms with van der Waals surface area (Å²) in [6, 6.07) is 25.2. The predicted molar refractivity (Wildman–Crippen MR) is 215 cm³/mol. The summed E-state index contributed by atoms with van der Waals surface area (Å²) in [4.78, 5) is 9.42. The van der Waals surface area contributed by atoms with Crippen LogP contribution in [0.25, 0.3) is 22.3 Å². The normalized spacial score (nSPS) is 11.2. The van der Waals surface area contributed by atoms with Gasteiger partial charge < -0.3 is 54.7 Å². The van der Waals surface area contributed by atoms with Gasteiger partial charge in [-0.15, -0.1) is 0 Å². The average molecular weight is 1020 g/mol. The Morgan fingerprint density at radius 2 is 0.821 bits per heavy atom. The van der Waals surface area contributed by atoms with E-state index in [1.807, 2.05) is 48.8 Å². The van der Waals surface area contributed by atoms with Gasteiger partial charge in [0.1, 0.15) is 29.5 Å². The van der Waals surface area contributed by atoms with Crippen LogP contribution in [0.4, 0.5) is 23.0 Å². The third-order valence-electron chi connectivity index (χ3n) is 9.63. The number of phenolic OH excluding ortho intramolecular Hbond substituents is 1. The Kier molecular flexibility index (Phi) is 24.4. The van der Waals surface area contributed by atoms with E-state index in [0.29, 0.717) is 0 Å². The van der Waals surface area contributed by atoms with Crippen molar-refractivity contribution in [2.24, 2.45) is 0 Å². The van der Waals surface area contributed by atoms with Gasteiger partial charge in [0.2, 0.25) is 0 Å². The maximum atomic E-state index is 11.4. The van der Waals surface area contributed by atoms with E-state index in [4.69, 9.17) is 9.97 Å². The van der Waals surface area contributed by atoms with Crippen LogP contribution in [0.3, 0.4) is 0 Å². The molecule has 2 heterocycles. The minimum atomic E-state index is 0. The number of hydrogen-bond donors (Lipinski definition) is 1. The molecule has 2 aromatic heterocycles. The molecule has 0 aliphatic heterocycles. The minimum Gasteiger partial charge on any atom is -1.00 e. The van der Waals surface area contributed by atoms with Crippen molar-refractivity contribution >= 4 is 35.4 Å². The van der Waals surface area contributed by atoms with Crippen molar-refractivity contribution in [1.82, 2.24) is 19.1 Å². The summed E-state index contributed by atoms with van der Waals surface area (Å²) in [5.74, 6) is 3.11. The summed E-state index contributed by atoms with van der Waals surface area (Å²) in [6.07, 6.45) is 7.92. The van der Waals surface area contributed by atoms with Gasteiger partial charge in [-0.05, 0) is 131 Å². The zero-order chi connectivity index (χ0) is 36.3. The molecule has 310 valence electrons. The number of aromatic nitrogens is 2. The van der Waals surface area contributed by atoms with Gasteiger partial charge in [0.05, 0.1) is 12.4 Å². The zero-order valence-corrected chi connectivity index (χ0v) is 40.1. The van der Waals surface area contributed by atoms with Crippen LogP contribution < -0.4 is 58.8 Å². The van der Waals surface area contributed by atoms with Crippen molar-refractivity contribution in [3.63, 3.8) is 0 Å². The number of aromatic hydroxyl groups is 1. The average Bonchev–Trinajstić information content (AvgIpc) is 3.10. The van der Waals surface area contributed by atoms with E-state index in [1.165, 1.54) is 33.6 Å². The van der Waals surface area contributed by atoms with Crippen LogP contribution in [0.5, 0.6) is 5.75 Å². The fourth-order valence-corrected chi connectivity index (χ4v) is 7.03. The molecule has 0 saturated heterocycles. The molecule has 0 radical (unpaired) electrons. The minimum absolute atomic E-state index is 0. The van der Waals surface area contributed by atoms with Crippen LogP contribution >= 0.6 is 0 Å². The summed E-state index contributed by atoms with van der Waals surface area (Å²) in [5, 5.41) is 11.4. The van der Waals surface area contributed by atoms with E-state index in [9.17, 15) is 5.11 Å². The molecule has 5 aromatic rings. The van der Waals surface area contributed by atoms with E-state index in [2.05, 4.69) is 134 Å². The quantitative estimate of drug-likeness (QED) is 0.124. The van der Waals surface area contributed by atoms with Gasteiger partial charge in [0, 0.05) is 75.2 Å². The third-order valence-corrected chi connectivity index (χ3v) is 9.63. The molecule has 0 saturated carbocycles. The number of halogens is 4. The molecule has 0 aliphatic rings. The number of pyridine rings is 2. The van der Waals surface area contributed by atoms with Crippen LogP contribution in [0.15, 0.2) is 85.2 Å². The van der Waals surface area contributed by atoms with E-state index >= 15 is 0 Å². The Labute approximate surface area is 387 Å². The van der Waals surface area contributed by atoms with Crippen molar-refractivity contribution < 1.29 is 95.6 Å². The van der Waals surface area contributed by atoms with Crippen molar-refractivity contribution in [3.8, 4) is 28.0 Å². The largest absolute Gasteiger partial charge is 1.00 e. The Balaban J connectivity index is 0. The van der Waals surface area contributed by atoms with Gasteiger partial charge >= 0.3 is 11.6 Å². The SMILES string of the molecule is CC=[N+](c1ccccn1)c1c(C(C)C)cc(-c2cc(O)cc(-c3cc(C(C)C)c([N+](=CC)c4ccccn4)c(C(C)C)c3)c2C)cc1C(C)C.[Cl-].[Cl-].[Cl-].[Cl-].[Pd].[Pd]. The zero-order valence-electron chi connectivity index (χ0n) is 33.9. The van der Waals surface area contributed by atoms with Gasteiger partial charge in [-0.2, -0.15) is 0 Å². The van der Waals surface area contributed by atoms with E-state index in [0.717, 1.165) is 39.5 Å². The second-order valence-corrected chi connectivity index (χ2v) is 14.4. The first-order valence-electron chi connectivity index (χ1n) is 18.1. The van der Waals surface area contributed by atoms with Gasteiger partial charge in [0.15, 0.2) is 0 Å². The Hall–Kier alpha value is -2.42. The number of benzene rings is 3. The first-order chi connectivity index (χ1) is 23.9. The van der Waals surface area contributed by atoms with Gasteiger partial charge in [-0.3, -0.25) is 0 Å². The van der Waals surface area contributed by atoms with Gasteiger partial charge in [-0.1, -0.05) is 67.5 Å². The summed E-state index contributed by atoms with van der Waals surface area (Å²) < 4.78 is 4.44. The smallest absolute Gasteiger partial charge is 0.327 e.